The zero-order valence-corrected chi connectivity index (χ0v) is 12.5. The summed E-state index contributed by atoms with van der Waals surface area (Å²) in [7, 11) is 0. The van der Waals surface area contributed by atoms with Gasteiger partial charge in [0.1, 0.15) is 6.04 Å². The molecule has 0 aromatic carbocycles. The molecule has 1 amide bonds. The van der Waals surface area contributed by atoms with Gasteiger partial charge in [0.2, 0.25) is 11.8 Å². The Morgan fingerprint density at radius 3 is 2.81 bits per heavy atom. The highest BCUT2D eigenvalue weighted by atomic mass is 16.5. The number of aromatic nitrogens is 3. The Hall–Kier alpha value is -2.24. The quantitative estimate of drug-likeness (QED) is 0.882. The highest BCUT2D eigenvalue weighted by Crippen LogP contribution is 2.20. The third kappa shape index (κ3) is 4.66. The molecule has 0 saturated heterocycles. The fourth-order valence-electron chi connectivity index (χ4n) is 2.08. The van der Waals surface area contributed by atoms with Gasteiger partial charge in [-0.15, -0.1) is 0 Å². The van der Waals surface area contributed by atoms with Gasteiger partial charge in [0.25, 0.3) is 0 Å². The Bertz CT molecular complexity index is 580. The maximum atomic E-state index is 11.3. The number of nitrogens with zero attached hydrogens (tertiary/aromatic N) is 3. The first-order valence-corrected chi connectivity index (χ1v) is 7.04. The van der Waals surface area contributed by atoms with Gasteiger partial charge in [-0.05, 0) is 24.5 Å². The van der Waals surface area contributed by atoms with Gasteiger partial charge in [-0.2, -0.15) is 4.98 Å². The SMILES string of the molecule is CC(=O)N[C@@H](CC(C)C)c1nc(Cc2ccccn2)no1. The van der Waals surface area contributed by atoms with Crippen molar-refractivity contribution in [1.29, 1.82) is 0 Å². The molecule has 6 nitrogen and oxygen atoms in total. The van der Waals surface area contributed by atoms with E-state index < -0.39 is 0 Å². The lowest BCUT2D eigenvalue weighted by atomic mass is 10.0. The molecule has 1 N–H and O–H groups in total. The number of carbonyl (C=O) groups excluding carboxylic acids is 1. The third-order valence-electron chi connectivity index (χ3n) is 2.93. The fourth-order valence-corrected chi connectivity index (χ4v) is 2.08. The van der Waals surface area contributed by atoms with Gasteiger partial charge in [-0.1, -0.05) is 25.1 Å². The van der Waals surface area contributed by atoms with Crippen LogP contribution in [0.25, 0.3) is 0 Å². The first-order valence-electron chi connectivity index (χ1n) is 7.04. The molecule has 0 radical (unpaired) electrons. The lowest BCUT2D eigenvalue weighted by Crippen LogP contribution is -2.27. The maximum Gasteiger partial charge on any atom is 0.249 e. The lowest BCUT2D eigenvalue weighted by molar-refractivity contribution is -0.120. The smallest absolute Gasteiger partial charge is 0.249 e. The van der Waals surface area contributed by atoms with Crippen LogP contribution in [-0.4, -0.2) is 21.0 Å². The molecule has 2 aromatic heterocycles. The molecule has 21 heavy (non-hydrogen) atoms. The second-order valence-electron chi connectivity index (χ2n) is 5.43. The average Bonchev–Trinajstić information content (AvgIpc) is 2.86. The topological polar surface area (TPSA) is 80.9 Å². The molecule has 0 aliphatic heterocycles. The van der Waals surface area contributed by atoms with E-state index in [-0.39, 0.29) is 11.9 Å². The minimum Gasteiger partial charge on any atom is -0.345 e. The summed E-state index contributed by atoms with van der Waals surface area (Å²) in [6, 6.07) is 5.45. The summed E-state index contributed by atoms with van der Waals surface area (Å²) in [6.07, 6.45) is 3.00. The molecule has 0 aliphatic rings. The van der Waals surface area contributed by atoms with E-state index in [0.29, 0.717) is 24.1 Å². The van der Waals surface area contributed by atoms with E-state index in [1.807, 2.05) is 18.2 Å². The molecule has 0 fully saturated rings. The first-order chi connectivity index (χ1) is 10.0. The van der Waals surface area contributed by atoms with E-state index >= 15 is 0 Å². The Balaban J connectivity index is 2.10. The Morgan fingerprint density at radius 1 is 1.38 bits per heavy atom. The third-order valence-corrected chi connectivity index (χ3v) is 2.93. The number of pyridine rings is 1. The Labute approximate surface area is 124 Å². The van der Waals surface area contributed by atoms with E-state index in [2.05, 4.69) is 34.3 Å². The van der Waals surface area contributed by atoms with E-state index in [1.54, 1.807) is 6.20 Å². The van der Waals surface area contributed by atoms with Crippen LogP contribution in [0.15, 0.2) is 28.9 Å². The van der Waals surface area contributed by atoms with E-state index in [1.165, 1.54) is 6.92 Å². The minimum atomic E-state index is -0.243. The first kappa shape index (κ1) is 15.2. The molecule has 0 unspecified atom stereocenters. The van der Waals surface area contributed by atoms with Gasteiger partial charge in [0.05, 0.1) is 6.42 Å². The molecule has 0 spiro atoms. The average molecular weight is 288 g/mol. The molecule has 0 aliphatic carbocycles. The van der Waals surface area contributed by atoms with Crippen LogP contribution in [0, 0.1) is 5.92 Å². The highest BCUT2D eigenvalue weighted by molar-refractivity contribution is 5.73. The van der Waals surface area contributed by atoms with Crippen LogP contribution in [0.3, 0.4) is 0 Å². The zero-order valence-electron chi connectivity index (χ0n) is 12.5. The predicted octanol–water partition coefficient (Wildman–Crippen LogP) is 2.28. The van der Waals surface area contributed by atoms with E-state index in [0.717, 1.165) is 12.1 Å². The van der Waals surface area contributed by atoms with Crippen molar-refractivity contribution >= 4 is 5.91 Å². The molecule has 0 bridgehead atoms. The monoisotopic (exact) mass is 288 g/mol. The second-order valence-corrected chi connectivity index (χ2v) is 5.43. The standard InChI is InChI=1S/C15H20N4O2/c1-10(2)8-13(17-11(3)20)15-18-14(19-21-15)9-12-6-4-5-7-16-12/h4-7,10,13H,8-9H2,1-3H3,(H,17,20)/t13-/m0/s1. The zero-order chi connectivity index (χ0) is 15.2. The highest BCUT2D eigenvalue weighted by Gasteiger charge is 2.21. The normalized spacial score (nSPS) is 12.4. The van der Waals surface area contributed by atoms with E-state index in [4.69, 9.17) is 4.52 Å². The fraction of sp³-hybridized carbons (Fsp3) is 0.467. The van der Waals surface area contributed by atoms with E-state index in [9.17, 15) is 4.79 Å². The molecule has 112 valence electrons. The molecule has 2 rings (SSSR count). The van der Waals surface area contributed by atoms with Gasteiger partial charge >= 0.3 is 0 Å². The summed E-state index contributed by atoms with van der Waals surface area (Å²) in [5, 5.41) is 6.82. The van der Waals surface area contributed by atoms with Crippen molar-refractivity contribution in [3.8, 4) is 0 Å². The Kier molecular flexibility index (Phi) is 5.03. The molecule has 6 heteroatoms. The molecule has 1 atom stereocenters. The Morgan fingerprint density at radius 2 is 2.19 bits per heavy atom. The van der Waals surface area contributed by atoms with Crippen molar-refractivity contribution in [2.75, 3.05) is 0 Å². The summed E-state index contributed by atoms with van der Waals surface area (Å²) in [4.78, 5) is 19.9. The second kappa shape index (κ2) is 6.97. The van der Waals surface area contributed by atoms with Crippen molar-refractivity contribution in [2.24, 2.45) is 5.92 Å². The van der Waals surface area contributed by atoms with Crippen molar-refractivity contribution in [3.63, 3.8) is 0 Å². The van der Waals surface area contributed by atoms with Crippen molar-refractivity contribution in [2.45, 2.75) is 39.7 Å². The molecule has 0 saturated carbocycles. The van der Waals surface area contributed by atoms with Crippen molar-refractivity contribution in [1.82, 2.24) is 20.4 Å². The van der Waals surface area contributed by atoms with Crippen LogP contribution >= 0.6 is 0 Å². The molecule has 2 aromatic rings. The van der Waals surface area contributed by atoms with Gasteiger partial charge in [0.15, 0.2) is 5.82 Å². The summed E-state index contributed by atoms with van der Waals surface area (Å²) < 4.78 is 5.30. The van der Waals surface area contributed by atoms with Crippen LogP contribution in [-0.2, 0) is 11.2 Å². The summed E-state index contributed by atoms with van der Waals surface area (Å²) in [5.74, 6) is 1.32. The van der Waals surface area contributed by atoms with Gasteiger partial charge in [0, 0.05) is 18.8 Å². The van der Waals surface area contributed by atoms with Crippen molar-refractivity contribution in [3.05, 3.63) is 41.8 Å². The largest absolute Gasteiger partial charge is 0.345 e. The summed E-state index contributed by atoms with van der Waals surface area (Å²) in [6.45, 7) is 5.65. The number of amides is 1. The number of hydrogen-bond acceptors (Lipinski definition) is 5. The van der Waals surface area contributed by atoms with Gasteiger partial charge in [-0.3, -0.25) is 9.78 Å². The summed E-state index contributed by atoms with van der Waals surface area (Å²) >= 11 is 0. The lowest BCUT2D eigenvalue weighted by Gasteiger charge is -2.15. The maximum absolute atomic E-state index is 11.3. The van der Waals surface area contributed by atoms with Crippen molar-refractivity contribution < 1.29 is 9.32 Å². The summed E-state index contributed by atoms with van der Waals surface area (Å²) in [5.41, 5.74) is 0.879. The number of carbonyl (C=O) groups is 1. The van der Waals surface area contributed by atoms with Gasteiger partial charge < -0.3 is 9.84 Å². The van der Waals surface area contributed by atoms with Gasteiger partial charge in [-0.25, -0.2) is 0 Å². The van der Waals surface area contributed by atoms with Crippen LogP contribution in [0.5, 0.6) is 0 Å². The molecule has 2 heterocycles. The van der Waals surface area contributed by atoms with Crippen LogP contribution in [0.2, 0.25) is 0 Å². The number of rotatable bonds is 6. The predicted molar refractivity (Wildman–Crippen MR) is 77.4 cm³/mol. The minimum absolute atomic E-state index is 0.106. The molecular weight excluding hydrogens is 268 g/mol. The van der Waals surface area contributed by atoms with Crippen LogP contribution in [0.4, 0.5) is 0 Å². The molecular formula is C15H20N4O2. The number of nitrogens with one attached hydrogen (secondary N) is 1. The number of hydrogen-bond donors (Lipinski definition) is 1. The van der Waals surface area contributed by atoms with Crippen LogP contribution in [0.1, 0.15) is 50.6 Å². The van der Waals surface area contributed by atoms with Crippen LogP contribution < -0.4 is 5.32 Å².